The molecule has 0 aliphatic carbocycles. The molecule has 0 aliphatic heterocycles. The zero-order valence-electron chi connectivity index (χ0n) is 10.7. The van der Waals surface area contributed by atoms with Crippen LogP contribution in [-0.4, -0.2) is 11.5 Å². The van der Waals surface area contributed by atoms with E-state index in [9.17, 15) is 0 Å². The predicted octanol–water partition coefficient (Wildman–Crippen LogP) is 3.53. The van der Waals surface area contributed by atoms with Crippen molar-refractivity contribution in [2.45, 2.75) is 6.61 Å². The first kappa shape index (κ1) is 11.7. The number of nitrogens with zero attached hydrogens (tertiary/aromatic N) is 1. The van der Waals surface area contributed by atoms with Gasteiger partial charge in [-0.1, -0.05) is 30.3 Å². The molecule has 0 atom stereocenters. The van der Waals surface area contributed by atoms with Crippen LogP contribution in [0.25, 0.3) is 5.52 Å². The second-order valence-corrected chi connectivity index (χ2v) is 4.32. The van der Waals surface area contributed by atoms with Gasteiger partial charge in [-0.3, -0.25) is 0 Å². The first-order chi connectivity index (χ1) is 9.36. The molecule has 0 bridgehead atoms. The van der Waals surface area contributed by atoms with E-state index in [1.165, 1.54) is 0 Å². The third-order valence-electron chi connectivity index (χ3n) is 3.04. The second-order valence-electron chi connectivity index (χ2n) is 4.32. The number of rotatable bonds is 4. The van der Waals surface area contributed by atoms with Gasteiger partial charge in [-0.15, -0.1) is 0 Å². The SMILES string of the molecule is COc1cc2c(OCc3ccccc3)cccn2c1. The third kappa shape index (κ3) is 2.40. The smallest absolute Gasteiger partial charge is 0.143 e. The molecular weight excluding hydrogens is 238 g/mol. The Kier molecular flexibility index (Phi) is 3.11. The fourth-order valence-corrected chi connectivity index (χ4v) is 2.05. The van der Waals surface area contributed by atoms with Gasteiger partial charge in [0.05, 0.1) is 18.8 Å². The van der Waals surface area contributed by atoms with Crippen molar-refractivity contribution >= 4 is 5.52 Å². The van der Waals surface area contributed by atoms with Crippen molar-refractivity contribution < 1.29 is 9.47 Å². The molecule has 0 N–H and O–H groups in total. The summed E-state index contributed by atoms with van der Waals surface area (Å²) >= 11 is 0. The second kappa shape index (κ2) is 5.06. The highest BCUT2D eigenvalue weighted by molar-refractivity contribution is 5.63. The van der Waals surface area contributed by atoms with Crippen molar-refractivity contribution in [3.63, 3.8) is 0 Å². The van der Waals surface area contributed by atoms with Crippen LogP contribution in [0, 0.1) is 0 Å². The molecule has 3 rings (SSSR count). The average molecular weight is 253 g/mol. The summed E-state index contributed by atoms with van der Waals surface area (Å²) in [5.74, 6) is 1.69. The molecule has 2 aromatic heterocycles. The lowest BCUT2D eigenvalue weighted by Gasteiger charge is -2.07. The largest absolute Gasteiger partial charge is 0.495 e. The Labute approximate surface area is 112 Å². The van der Waals surface area contributed by atoms with Crippen LogP contribution in [0.15, 0.2) is 60.9 Å². The summed E-state index contributed by atoms with van der Waals surface area (Å²) in [7, 11) is 1.67. The molecule has 0 amide bonds. The Bertz CT molecular complexity index is 674. The molecule has 1 aromatic carbocycles. The van der Waals surface area contributed by atoms with Crippen molar-refractivity contribution in [2.24, 2.45) is 0 Å². The first-order valence-corrected chi connectivity index (χ1v) is 6.18. The quantitative estimate of drug-likeness (QED) is 0.710. The minimum atomic E-state index is 0.564. The van der Waals surface area contributed by atoms with Gasteiger partial charge < -0.3 is 13.9 Å². The summed E-state index contributed by atoms with van der Waals surface area (Å²) in [6.07, 6.45) is 3.91. The summed E-state index contributed by atoms with van der Waals surface area (Å²) in [6.45, 7) is 0.564. The third-order valence-corrected chi connectivity index (χ3v) is 3.04. The fourth-order valence-electron chi connectivity index (χ4n) is 2.05. The van der Waals surface area contributed by atoms with E-state index < -0.39 is 0 Å². The minimum absolute atomic E-state index is 0.564. The molecule has 0 spiro atoms. The summed E-state index contributed by atoms with van der Waals surface area (Å²) in [6, 6.07) is 16.0. The van der Waals surface area contributed by atoms with Gasteiger partial charge >= 0.3 is 0 Å². The van der Waals surface area contributed by atoms with E-state index in [-0.39, 0.29) is 0 Å². The minimum Gasteiger partial charge on any atom is -0.495 e. The summed E-state index contributed by atoms with van der Waals surface area (Å²) < 4.78 is 13.1. The fraction of sp³-hybridized carbons (Fsp3) is 0.125. The van der Waals surface area contributed by atoms with Crippen molar-refractivity contribution in [1.82, 2.24) is 4.40 Å². The number of hydrogen-bond donors (Lipinski definition) is 0. The molecule has 19 heavy (non-hydrogen) atoms. The van der Waals surface area contributed by atoms with Crippen LogP contribution >= 0.6 is 0 Å². The lowest BCUT2D eigenvalue weighted by molar-refractivity contribution is 0.309. The van der Waals surface area contributed by atoms with Crippen LogP contribution in [0.2, 0.25) is 0 Å². The van der Waals surface area contributed by atoms with Crippen molar-refractivity contribution in [2.75, 3.05) is 7.11 Å². The van der Waals surface area contributed by atoms with Crippen LogP contribution in [0.4, 0.5) is 0 Å². The van der Waals surface area contributed by atoms with E-state index in [2.05, 4.69) is 12.1 Å². The van der Waals surface area contributed by atoms with Gasteiger partial charge in [0.2, 0.25) is 0 Å². The van der Waals surface area contributed by atoms with Crippen LogP contribution in [0.3, 0.4) is 0 Å². The van der Waals surface area contributed by atoms with Gasteiger partial charge in [-0.25, -0.2) is 0 Å². The van der Waals surface area contributed by atoms with Gasteiger partial charge in [0.1, 0.15) is 18.1 Å². The highest BCUT2D eigenvalue weighted by Crippen LogP contribution is 2.26. The van der Waals surface area contributed by atoms with Gasteiger partial charge in [0.15, 0.2) is 0 Å². The van der Waals surface area contributed by atoms with Crippen molar-refractivity contribution in [1.29, 1.82) is 0 Å². The van der Waals surface area contributed by atoms with Gasteiger partial charge in [-0.2, -0.15) is 0 Å². The topological polar surface area (TPSA) is 22.9 Å². The number of hydrogen-bond acceptors (Lipinski definition) is 2. The number of fused-ring (bicyclic) bond motifs is 1. The lowest BCUT2D eigenvalue weighted by atomic mass is 10.2. The Hall–Kier alpha value is -2.42. The van der Waals surface area contributed by atoms with Gasteiger partial charge in [-0.05, 0) is 17.7 Å². The summed E-state index contributed by atoms with van der Waals surface area (Å²) in [5.41, 5.74) is 2.17. The Balaban J connectivity index is 1.86. The van der Waals surface area contributed by atoms with Crippen LogP contribution in [0.1, 0.15) is 5.56 Å². The molecule has 0 saturated heterocycles. The molecule has 3 heteroatoms. The molecule has 0 saturated carbocycles. The monoisotopic (exact) mass is 253 g/mol. The van der Waals surface area contributed by atoms with Crippen molar-refractivity contribution in [3.05, 3.63) is 66.5 Å². The molecule has 0 aliphatic rings. The van der Waals surface area contributed by atoms with Crippen LogP contribution in [0.5, 0.6) is 11.5 Å². The molecule has 2 heterocycles. The highest BCUT2D eigenvalue weighted by Gasteiger charge is 2.05. The Morgan fingerprint density at radius 3 is 2.68 bits per heavy atom. The number of benzene rings is 1. The molecule has 0 fully saturated rings. The molecule has 0 radical (unpaired) electrons. The molecule has 96 valence electrons. The van der Waals surface area contributed by atoms with Crippen LogP contribution in [-0.2, 0) is 6.61 Å². The molecular formula is C16H15NO2. The van der Waals surface area contributed by atoms with E-state index in [0.29, 0.717) is 6.61 Å². The normalized spacial score (nSPS) is 10.6. The number of aromatic nitrogens is 1. The van der Waals surface area contributed by atoms with Gasteiger partial charge in [0, 0.05) is 12.3 Å². The van der Waals surface area contributed by atoms with E-state index >= 15 is 0 Å². The Morgan fingerprint density at radius 2 is 1.89 bits per heavy atom. The zero-order valence-corrected chi connectivity index (χ0v) is 10.7. The lowest BCUT2D eigenvalue weighted by Crippen LogP contribution is -1.96. The van der Waals surface area contributed by atoms with E-state index in [1.54, 1.807) is 7.11 Å². The maximum absolute atomic E-state index is 5.89. The molecule has 3 nitrogen and oxygen atoms in total. The zero-order chi connectivity index (χ0) is 13.1. The molecule has 0 unspecified atom stereocenters. The van der Waals surface area contributed by atoms with E-state index in [4.69, 9.17) is 9.47 Å². The number of pyridine rings is 1. The van der Waals surface area contributed by atoms with Crippen LogP contribution < -0.4 is 9.47 Å². The maximum atomic E-state index is 5.89. The van der Waals surface area contributed by atoms with Crippen molar-refractivity contribution in [3.8, 4) is 11.5 Å². The standard InChI is InChI=1S/C16H15NO2/c1-18-14-10-15-16(8-5-9-17(15)11-14)19-12-13-6-3-2-4-7-13/h2-11H,12H2,1H3. The molecule has 3 aromatic rings. The average Bonchev–Trinajstić information content (AvgIpc) is 2.90. The highest BCUT2D eigenvalue weighted by atomic mass is 16.5. The number of ether oxygens (including phenoxy) is 2. The Morgan fingerprint density at radius 1 is 1.05 bits per heavy atom. The predicted molar refractivity (Wildman–Crippen MR) is 74.7 cm³/mol. The van der Waals surface area contributed by atoms with Gasteiger partial charge in [0.25, 0.3) is 0 Å². The number of methoxy groups -OCH3 is 1. The summed E-state index contributed by atoms with van der Waals surface area (Å²) in [4.78, 5) is 0. The maximum Gasteiger partial charge on any atom is 0.143 e. The van der Waals surface area contributed by atoms with E-state index in [1.807, 2.05) is 53.2 Å². The first-order valence-electron chi connectivity index (χ1n) is 6.18. The summed E-state index contributed by atoms with van der Waals surface area (Å²) in [5, 5.41) is 0. The van der Waals surface area contributed by atoms with E-state index in [0.717, 1.165) is 22.6 Å².